The lowest BCUT2D eigenvalue weighted by molar-refractivity contribution is -0.0462. The molecule has 0 amide bonds. The van der Waals surface area contributed by atoms with Crippen molar-refractivity contribution in [1.82, 2.24) is 0 Å². The number of hydrogen-bond acceptors (Lipinski definition) is 2. The first kappa shape index (κ1) is 9.47. The van der Waals surface area contributed by atoms with Crippen LogP contribution < -0.4 is 0 Å². The van der Waals surface area contributed by atoms with Crippen molar-refractivity contribution < 1.29 is 10.2 Å². The molecule has 0 aromatic rings. The summed E-state index contributed by atoms with van der Waals surface area (Å²) in [6.07, 6.45) is 2.52. The van der Waals surface area contributed by atoms with Gasteiger partial charge in [-0.1, -0.05) is 13.8 Å². The number of fused-ring (bicyclic) bond motifs is 2. The average molecular weight is 184 g/mol. The first-order chi connectivity index (χ1) is 6.15. The van der Waals surface area contributed by atoms with E-state index in [1.807, 2.05) is 0 Å². The summed E-state index contributed by atoms with van der Waals surface area (Å²) in [7, 11) is 0. The van der Waals surface area contributed by atoms with Gasteiger partial charge in [-0.2, -0.15) is 0 Å². The summed E-state index contributed by atoms with van der Waals surface area (Å²) < 4.78 is 0. The number of rotatable bonds is 2. The lowest BCUT2D eigenvalue weighted by Gasteiger charge is -2.42. The van der Waals surface area contributed by atoms with Crippen LogP contribution >= 0.6 is 0 Å². The van der Waals surface area contributed by atoms with Gasteiger partial charge in [-0.15, -0.1) is 0 Å². The van der Waals surface area contributed by atoms with Gasteiger partial charge < -0.3 is 10.2 Å². The number of aliphatic hydroxyl groups excluding tert-OH is 2. The van der Waals surface area contributed by atoms with Gasteiger partial charge in [-0.25, -0.2) is 0 Å². The van der Waals surface area contributed by atoms with Gasteiger partial charge in [0, 0.05) is 5.41 Å². The third kappa shape index (κ3) is 1.02. The first-order valence-corrected chi connectivity index (χ1v) is 5.37. The second-order valence-electron chi connectivity index (χ2n) is 5.15. The summed E-state index contributed by atoms with van der Waals surface area (Å²) in [6.45, 7) is 4.78. The van der Waals surface area contributed by atoms with Gasteiger partial charge in [0.2, 0.25) is 0 Å². The second-order valence-corrected chi connectivity index (χ2v) is 5.15. The van der Waals surface area contributed by atoms with Crippen LogP contribution in [0.15, 0.2) is 0 Å². The Morgan fingerprint density at radius 3 is 2.15 bits per heavy atom. The highest BCUT2D eigenvalue weighted by molar-refractivity contribution is 5.06. The van der Waals surface area contributed by atoms with Crippen molar-refractivity contribution in [2.24, 2.45) is 29.1 Å². The van der Waals surface area contributed by atoms with Crippen molar-refractivity contribution in [3.63, 3.8) is 0 Å². The number of aliphatic hydroxyl groups is 2. The Bertz CT molecular complexity index is 198. The van der Waals surface area contributed by atoms with Crippen LogP contribution in [-0.2, 0) is 0 Å². The Kier molecular flexibility index (Phi) is 2.16. The Morgan fingerprint density at radius 1 is 1.15 bits per heavy atom. The molecule has 2 fully saturated rings. The monoisotopic (exact) mass is 184 g/mol. The van der Waals surface area contributed by atoms with E-state index in [0.717, 1.165) is 5.92 Å². The van der Waals surface area contributed by atoms with E-state index < -0.39 is 0 Å². The molecule has 2 aliphatic rings. The maximum atomic E-state index is 9.47. The van der Waals surface area contributed by atoms with E-state index >= 15 is 0 Å². The molecule has 2 rings (SSSR count). The molecule has 13 heavy (non-hydrogen) atoms. The predicted octanol–water partition coefficient (Wildman–Crippen LogP) is 1.27. The minimum atomic E-state index is -0.164. The molecule has 0 spiro atoms. The zero-order valence-electron chi connectivity index (χ0n) is 8.53. The van der Waals surface area contributed by atoms with Crippen molar-refractivity contribution in [3.8, 4) is 0 Å². The third-order valence-corrected chi connectivity index (χ3v) is 4.86. The van der Waals surface area contributed by atoms with E-state index in [2.05, 4.69) is 13.8 Å². The third-order valence-electron chi connectivity index (χ3n) is 4.86. The molecular formula is C11H20O2. The summed E-state index contributed by atoms with van der Waals surface area (Å²) in [6, 6.07) is 0. The van der Waals surface area contributed by atoms with Gasteiger partial charge in [0.1, 0.15) is 0 Å². The Balaban J connectivity index is 2.28. The van der Waals surface area contributed by atoms with Crippen LogP contribution in [0, 0.1) is 29.1 Å². The second kappa shape index (κ2) is 2.96. The highest BCUT2D eigenvalue weighted by Crippen LogP contribution is 2.61. The summed E-state index contributed by atoms with van der Waals surface area (Å²) in [4.78, 5) is 0. The molecule has 0 saturated heterocycles. The highest BCUT2D eigenvalue weighted by atomic mass is 16.3. The van der Waals surface area contributed by atoms with E-state index in [4.69, 9.17) is 0 Å². The summed E-state index contributed by atoms with van der Waals surface area (Å²) in [5, 5.41) is 18.9. The largest absolute Gasteiger partial charge is 0.396 e. The van der Waals surface area contributed by atoms with Gasteiger partial charge in [-0.05, 0) is 36.5 Å². The molecule has 0 aromatic heterocycles. The van der Waals surface area contributed by atoms with Crippen LogP contribution in [0.3, 0.4) is 0 Å². The normalized spacial score (nSPS) is 47.1. The van der Waals surface area contributed by atoms with Crippen LogP contribution in [0.5, 0.6) is 0 Å². The fourth-order valence-corrected chi connectivity index (χ4v) is 3.89. The van der Waals surface area contributed by atoms with Crippen LogP contribution in [0.1, 0.15) is 26.7 Å². The van der Waals surface area contributed by atoms with Gasteiger partial charge in [-0.3, -0.25) is 0 Å². The molecule has 2 N–H and O–H groups in total. The van der Waals surface area contributed by atoms with Crippen molar-refractivity contribution >= 4 is 0 Å². The van der Waals surface area contributed by atoms with E-state index in [0.29, 0.717) is 17.8 Å². The maximum Gasteiger partial charge on any atom is 0.0514 e. The summed E-state index contributed by atoms with van der Waals surface area (Å²) >= 11 is 0. The van der Waals surface area contributed by atoms with Crippen molar-refractivity contribution in [1.29, 1.82) is 0 Å². The minimum Gasteiger partial charge on any atom is -0.396 e. The van der Waals surface area contributed by atoms with Crippen LogP contribution in [0.4, 0.5) is 0 Å². The van der Waals surface area contributed by atoms with Crippen molar-refractivity contribution in [2.75, 3.05) is 13.2 Å². The molecule has 76 valence electrons. The quantitative estimate of drug-likeness (QED) is 0.678. The summed E-state index contributed by atoms with van der Waals surface area (Å²) in [5.74, 6) is 2.51. The van der Waals surface area contributed by atoms with Crippen molar-refractivity contribution in [3.05, 3.63) is 0 Å². The summed E-state index contributed by atoms with van der Waals surface area (Å²) in [5.41, 5.74) is -0.164. The molecule has 2 heteroatoms. The Morgan fingerprint density at radius 2 is 1.77 bits per heavy atom. The topological polar surface area (TPSA) is 40.5 Å². The lowest BCUT2D eigenvalue weighted by Crippen LogP contribution is -2.44. The molecule has 0 radical (unpaired) electrons. The maximum absolute atomic E-state index is 9.47. The molecule has 2 nitrogen and oxygen atoms in total. The molecule has 2 bridgehead atoms. The zero-order chi connectivity index (χ0) is 9.64. The fraction of sp³-hybridized carbons (Fsp3) is 1.00. The predicted molar refractivity (Wildman–Crippen MR) is 51.1 cm³/mol. The van der Waals surface area contributed by atoms with E-state index in [-0.39, 0.29) is 18.6 Å². The zero-order valence-corrected chi connectivity index (χ0v) is 8.53. The standard InChI is InChI=1S/C11H20O2/c1-7-3-9-4-10(7)11(5-12,6-13)8(9)2/h7-10,12-13H,3-6H2,1-2H3. The lowest BCUT2D eigenvalue weighted by atomic mass is 9.64. The highest BCUT2D eigenvalue weighted by Gasteiger charge is 2.58. The molecule has 4 atom stereocenters. The van der Waals surface area contributed by atoms with E-state index in [9.17, 15) is 10.2 Å². The van der Waals surface area contributed by atoms with E-state index in [1.165, 1.54) is 12.8 Å². The molecule has 2 saturated carbocycles. The smallest absolute Gasteiger partial charge is 0.0514 e. The average Bonchev–Trinajstić information content (AvgIpc) is 2.62. The SMILES string of the molecule is CC1CC2CC1C(CO)(CO)C2C. The molecule has 0 aromatic carbocycles. The fourth-order valence-electron chi connectivity index (χ4n) is 3.89. The van der Waals surface area contributed by atoms with Crippen LogP contribution in [-0.4, -0.2) is 23.4 Å². The molecule has 4 unspecified atom stereocenters. The van der Waals surface area contributed by atoms with Crippen molar-refractivity contribution in [2.45, 2.75) is 26.7 Å². The molecule has 2 aliphatic carbocycles. The number of hydrogen-bond donors (Lipinski definition) is 2. The molecular weight excluding hydrogens is 164 g/mol. The van der Waals surface area contributed by atoms with Gasteiger partial charge >= 0.3 is 0 Å². The van der Waals surface area contributed by atoms with Gasteiger partial charge in [0.25, 0.3) is 0 Å². The van der Waals surface area contributed by atoms with Crippen LogP contribution in [0.2, 0.25) is 0 Å². The Hall–Kier alpha value is -0.0800. The van der Waals surface area contributed by atoms with Gasteiger partial charge in [0.15, 0.2) is 0 Å². The van der Waals surface area contributed by atoms with E-state index in [1.54, 1.807) is 0 Å². The minimum absolute atomic E-state index is 0.163. The van der Waals surface area contributed by atoms with Gasteiger partial charge in [0.05, 0.1) is 13.2 Å². The molecule has 0 aliphatic heterocycles. The Labute approximate surface area is 80.0 Å². The molecule has 0 heterocycles. The first-order valence-electron chi connectivity index (χ1n) is 5.37. The van der Waals surface area contributed by atoms with Crippen LogP contribution in [0.25, 0.3) is 0 Å².